The SMILES string of the molecule is CCN1CC(CN(C)CC(=O)NCc2ccccc2)Oc2ccccc21. The molecule has 0 spiro atoms. The van der Waals surface area contributed by atoms with E-state index < -0.39 is 0 Å². The van der Waals surface area contributed by atoms with Gasteiger partial charge in [-0.25, -0.2) is 0 Å². The highest BCUT2D eigenvalue weighted by Crippen LogP contribution is 2.32. The van der Waals surface area contributed by atoms with Crippen LogP contribution in [0, 0.1) is 0 Å². The number of para-hydroxylation sites is 2. The number of fused-ring (bicyclic) bond motifs is 1. The Morgan fingerprint density at radius 1 is 1.19 bits per heavy atom. The number of carbonyl (C=O) groups is 1. The van der Waals surface area contributed by atoms with E-state index >= 15 is 0 Å². The number of anilines is 1. The van der Waals surface area contributed by atoms with E-state index in [4.69, 9.17) is 4.74 Å². The lowest BCUT2D eigenvalue weighted by atomic mass is 10.2. The highest BCUT2D eigenvalue weighted by Gasteiger charge is 2.25. The van der Waals surface area contributed by atoms with Gasteiger partial charge in [-0.1, -0.05) is 42.5 Å². The Labute approximate surface area is 155 Å². The van der Waals surface area contributed by atoms with E-state index in [-0.39, 0.29) is 12.0 Å². The van der Waals surface area contributed by atoms with Crippen molar-refractivity contribution in [1.82, 2.24) is 10.2 Å². The van der Waals surface area contributed by atoms with Gasteiger partial charge in [-0.2, -0.15) is 0 Å². The summed E-state index contributed by atoms with van der Waals surface area (Å²) in [4.78, 5) is 16.5. The molecule has 0 bridgehead atoms. The minimum absolute atomic E-state index is 0.0277. The second-order valence-electron chi connectivity index (χ2n) is 6.71. The minimum Gasteiger partial charge on any atom is -0.485 e. The van der Waals surface area contributed by atoms with Crippen LogP contribution in [0.4, 0.5) is 5.69 Å². The number of carbonyl (C=O) groups excluding carboxylic acids is 1. The minimum atomic E-state index is 0.0277. The van der Waals surface area contributed by atoms with Crippen LogP contribution in [0.25, 0.3) is 0 Å². The third kappa shape index (κ3) is 4.76. The zero-order valence-corrected chi connectivity index (χ0v) is 15.5. The monoisotopic (exact) mass is 353 g/mol. The Hall–Kier alpha value is -2.53. The maximum absolute atomic E-state index is 12.2. The molecular weight excluding hydrogens is 326 g/mol. The molecule has 5 heteroatoms. The van der Waals surface area contributed by atoms with E-state index in [1.54, 1.807) is 0 Å². The Bertz CT molecular complexity index is 720. The molecule has 2 aromatic rings. The molecule has 1 N–H and O–H groups in total. The number of rotatable bonds is 7. The summed E-state index contributed by atoms with van der Waals surface area (Å²) in [6.45, 7) is 5.57. The molecule has 1 atom stereocenters. The van der Waals surface area contributed by atoms with Gasteiger partial charge in [0.15, 0.2) is 0 Å². The second kappa shape index (κ2) is 8.72. The summed E-state index contributed by atoms with van der Waals surface area (Å²) in [5, 5.41) is 2.97. The number of nitrogens with zero attached hydrogens (tertiary/aromatic N) is 2. The van der Waals surface area contributed by atoms with Crippen LogP contribution in [0.3, 0.4) is 0 Å². The van der Waals surface area contributed by atoms with Crippen molar-refractivity contribution < 1.29 is 9.53 Å². The summed E-state index contributed by atoms with van der Waals surface area (Å²) in [6, 6.07) is 18.1. The van der Waals surface area contributed by atoms with E-state index in [0.29, 0.717) is 19.6 Å². The van der Waals surface area contributed by atoms with Crippen molar-refractivity contribution in [2.45, 2.75) is 19.6 Å². The van der Waals surface area contributed by atoms with Gasteiger partial charge >= 0.3 is 0 Å². The molecule has 1 amide bonds. The number of ether oxygens (including phenoxy) is 1. The first-order chi connectivity index (χ1) is 12.7. The molecular formula is C21H27N3O2. The molecule has 0 saturated heterocycles. The maximum atomic E-state index is 12.2. The number of hydrogen-bond acceptors (Lipinski definition) is 4. The molecule has 1 aliphatic heterocycles. The van der Waals surface area contributed by atoms with Crippen LogP contribution in [0.2, 0.25) is 0 Å². The summed E-state index contributed by atoms with van der Waals surface area (Å²) < 4.78 is 6.13. The molecule has 0 radical (unpaired) electrons. The number of benzene rings is 2. The lowest BCUT2D eigenvalue weighted by Crippen LogP contribution is -2.47. The van der Waals surface area contributed by atoms with Crippen LogP contribution in [0.15, 0.2) is 54.6 Å². The Balaban J connectivity index is 1.49. The molecule has 26 heavy (non-hydrogen) atoms. The van der Waals surface area contributed by atoms with Crippen molar-refractivity contribution in [1.29, 1.82) is 0 Å². The third-order valence-electron chi connectivity index (χ3n) is 4.57. The van der Waals surface area contributed by atoms with Crippen molar-refractivity contribution in [3.8, 4) is 5.75 Å². The molecule has 1 unspecified atom stereocenters. The lowest BCUT2D eigenvalue weighted by Gasteiger charge is -2.37. The molecule has 0 fully saturated rings. The predicted molar refractivity (Wildman–Crippen MR) is 105 cm³/mol. The van der Waals surface area contributed by atoms with Gasteiger partial charge in [-0.05, 0) is 31.7 Å². The third-order valence-corrected chi connectivity index (χ3v) is 4.57. The van der Waals surface area contributed by atoms with Crippen LogP contribution >= 0.6 is 0 Å². The molecule has 0 saturated carbocycles. The Morgan fingerprint density at radius 2 is 1.92 bits per heavy atom. The number of amides is 1. The smallest absolute Gasteiger partial charge is 0.234 e. The lowest BCUT2D eigenvalue weighted by molar-refractivity contribution is -0.122. The maximum Gasteiger partial charge on any atom is 0.234 e. The van der Waals surface area contributed by atoms with Crippen LogP contribution in [0.1, 0.15) is 12.5 Å². The normalized spacial score (nSPS) is 16.1. The highest BCUT2D eigenvalue weighted by molar-refractivity contribution is 5.78. The standard InChI is InChI=1S/C21H27N3O2/c1-3-24-15-18(26-20-12-8-7-11-19(20)24)14-23(2)16-21(25)22-13-17-9-5-4-6-10-17/h4-12,18H,3,13-16H2,1-2H3,(H,22,25). The number of hydrogen-bond donors (Lipinski definition) is 1. The van der Waals surface area contributed by atoms with E-state index in [0.717, 1.165) is 30.1 Å². The molecule has 3 rings (SSSR count). The number of nitrogens with one attached hydrogen (secondary N) is 1. The molecule has 0 aliphatic carbocycles. The van der Waals surface area contributed by atoms with E-state index in [1.165, 1.54) is 0 Å². The average molecular weight is 353 g/mol. The van der Waals surface area contributed by atoms with E-state index in [1.807, 2.05) is 60.5 Å². The van der Waals surface area contributed by atoms with Crippen LogP contribution in [0.5, 0.6) is 5.75 Å². The predicted octanol–water partition coefficient (Wildman–Crippen LogP) is 2.52. The molecule has 0 aromatic heterocycles. The van der Waals surface area contributed by atoms with Crippen LogP contribution < -0.4 is 15.0 Å². The molecule has 5 nitrogen and oxygen atoms in total. The van der Waals surface area contributed by atoms with Crippen molar-refractivity contribution in [3.05, 3.63) is 60.2 Å². The van der Waals surface area contributed by atoms with Gasteiger partial charge in [0.25, 0.3) is 0 Å². The average Bonchev–Trinajstić information content (AvgIpc) is 2.66. The fourth-order valence-electron chi connectivity index (χ4n) is 3.28. The molecule has 138 valence electrons. The van der Waals surface area contributed by atoms with Gasteiger partial charge in [0, 0.05) is 19.6 Å². The Morgan fingerprint density at radius 3 is 2.69 bits per heavy atom. The summed E-state index contributed by atoms with van der Waals surface area (Å²) in [6.07, 6.45) is 0.0526. The van der Waals surface area contributed by atoms with Crippen molar-refractivity contribution in [2.24, 2.45) is 0 Å². The van der Waals surface area contributed by atoms with Gasteiger partial charge in [-0.15, -0.1) is 0 Å². The highest BCUT2D eigenvalue weighted by atomic mass is 16.5. The van der Waals surface area contributed by atoms with E-state index in [9.17, 15) is 4.79 Å². The second-order valence-corrected chi connectivity index (χ2v) is 6.71. The topological polar surface area (TPSA) is 44.8 Å². The number of likely N-dealkylation sites (N-methyl/N-ethyl adjacent to an activating group) is 2. The van der Waals surface area contributed by atoms with Crippen LogP contribution in [-0.2, 0) is 11.3 Å². The summed E-state index contributed by atoms with van der Waals surface area (Å²) in [5.41, 5.74) is 2.25. The Kier molecular flexibility index (Phi) is 6.12. The van der Waals surface area contributed by atoms with Gasteiger partial charge in [0.05, 0.1) is 18.8 Å². The first-order valence-electron chi connectivity index (χ1n) is 9.15. The molecule has 2 aromatic carbocycles. The zero-order valence-electron chi connectivity index (χ0n) is 15.5. The van der Waals surface area contributed by atoms with Crippen molar-refractivity contribution in [3.63, 3.8) is 0 Å². The van der Waals surface area contributed by atoms with Crippen LogP contribution in [-0.4, -0.2) is 50.1 Å². The fourth-order valence-corrected chi connectivity index (χ4v) is 3.28. The quantitative estimate of drug-likeness (QED) is 0.831. The van der Waals surface area contributed by atoms with Gasteiger partial charge in [0.1, 0.15) is 11.9 Å². The fraction of sp³-hybridized carbons (Fsp3) is 0.381. The zero-order chi connectivity index (χ0) is 18.4. The van der Waals surface area contributed by atoms with Crippen molar-refractivity contribution >= 4 is 11.6 Å². The largest absolute Gasteiger partial charge is 0.485 e. The summed E-state index contributed by atoms with van der Waals surface area (Å²) >= 11 is 0. The first-order valence-corrected chi connectivity index (χ1v) is 9.15. The first kappa shape index (κ1) is 18.3. The molecule has 1 heterocycles. The van der Waals surface area contributed by atoms with Crippen molar-refractivity contribution in [2.75, 3.05) is 38.1 Å². The van der Waals surface area contributed by atoms with Gasteiger partial charge < -0.3 is 15.0 Å². The summed E-state index contributed by atoms with van der Waals surface area (Å²) in [7, 11) is 1.96. The summed E-state index contributed by atoms with van der Waals surface area (Å²) in [5.74, 6) is 0.951. The molecule has 1 aliphatic rings. The van der Waals surface area contributed by atoms with Gasteiger partial charge in [-0.3, -0.25) is 9.69 Å². The van der Waals surface area contributed by atoms with Gasteiger partial charge in [0.2, 0.25) is 5.91 Å². The van der Waals surface area contributed by atoms with E-state index in [2.05, 4.69) is 23.2 Å².